The van der Waals surface area contributed by atoms with Gasteiger partial charge in [0.25, 0.3) is 5.91 Å². The van der Waals surface area contributed by atoms with Crippen LogP contribution in [0.1, 0.15) is 28.9 Å². The molecule has 2 aromatic heterocycles. The molecule has 1 atom stereocenters. The number of nitrogens with two attached hydrogens (primary N) is 2. The van der Waals surface area contributed by atoms with Gasteiger partial charge in [0.2, 0.25) is 0 Å². The van der Waals surface area contributed by atoms with Crippen LogP contribution in [-0.2, 0) is 0 Å². The van der Waals surface area contributed by atoms with Crippen molar-refractivity contribution >= 4 is 33.6 Å². The van der Waals surface area contributed by atoms with Gasteiger partial charge in [-0.25, -0.2) is 4.98 Å². The smallest absolute Gasteiger partial charge is 0.277 e. The number of hydrogen-bond donors (Lipinski definition) is 3. The summed E-state index contributed by atoms with van der Waals surface area (Å²) in [5, 5.41) is 4.05. The maximum Gasteiger partial charge on any atom is 0.277 e. The highest BCUT2D eigenvalue weighted by molar-refractivity contribution is 7.19. The Labute approximate surface area is 173 Å². The van der Waals surface area contributed by atoms with E-state index < -0.39 is 0 Å². The normalized spacial score (nSPS) is 16.6. The first-order valence-corrected chi connectivity index (χ1v) is 10.4. The van der Waals surface area contributed by atoms with Crippen LogP contribution in [0.5, 0.6) is 0 Å². The summed E-state index contributed by atoms with van der Waals surface area (Å²) in [7, 11) is 0. The number of thiazole rings is 1. The van der Waals surface area contributed by atoms with Crippen molar-refractivity contribution < 1.29 is 4.79 Å². The predicted molar refractivity (Wildman–Crippen MR) is 118 cm³/mol. The third-order valence-electron chi connectivity index (χ3n) is 5.01. The molecule has 1 aliphatic rings. The van der Waals surface area contributed by atoms with Gasteiger partial charge in [0.1, 0.15) is 10.0 Å². The molecule has 0 radical (unpaired) electrons. The van der Waals surface area contributed by atoms with Crippen molar-refractivity contribution in [3.63, 3.8) is 0 Å². The molecule has 3 aromatic rings. The third kappa shape index (κ3) is 4.23. The van der Waals surface area contributed by atoms with Gasteiger partial charge in [-0.3, -0.25) is 9.78 Å². The van der Waals surface area contributed by atoms with E-state index in [9.17, 15) is 4.79 Å². The van der Waals surface area contributed by atoms with Gasteiger partial charge in [-0.05, 0) is 25.8 Å². The number of carbonyl (C=O) groups is 1. The molecule has 0 aliphatic carbocycles. The molecule has 150 valence electrons. The van der Waals surface area contributed by atoms with Crippen molar-refractivity contribution in [1.29, 1.82) is 0 Å². The number of piperidine rings is 1. The van der Waals surface area contributed by atoms with Crippen molar-refractivity contribution in [2.75, 3.05) is 29.0 Å². The lowest BCUT2D eigenvalue weighted by molar-refractivity contribution is 0.102. The van der Waals surface area contributed by atoms with E-state index in [0.717, 1.165) is 47.8 Å². The van der Waals surface area contributed by atoms with Gasteiger partial charge >= 0.3 is 0 Å². The zero-order chi connectivity index (χ0) is 20.4. The van der Waals surface area contributed by atoms with E-state index in [0.29, 0.717) is 10.7 Å². The molecule has 1 aromatic carbocycles. The van der Waals surface area contributed by atoms with Crippen LogP contribution in [-0.4, -0.2) is 35.0 Å². The average molecular weight is 409 g/mol. The van der Waals surface area contributed by atoms with Crippen molar-refractivity contribution in [1.82, 2.24) is 9.97 Å². The maximum absolute atomic E-state index is 12.9. The van der Waals surface area contributed by atoms with E-state index >= 15 is 0 Å². The van der Waals surface area contributed by atoms with Gasteiger partial charge in [-0.15, -0.1) is 0 Å². The number of benzene rings is 1. The fourth-order valence-electron chi connectivity index (χ4n) is 3.48. The van der Waals surface area contributed by atoms with Crippen LogP contribution in [0.15, 0.2) is 42.7 Å². The number of pyridine rings is 1. The summed E-state index contributed by atoms with van der Waals surface area (Å²) in [4.78, 5) is 23.8. The Hall–Kier alpha value is -2.97. The fourth-order valence-corrected chi connectivity index (χ4v) is 4.32. The zero-order valence-corrected chi connectivity index (χ0v) is 17.1. The quantitative estimate of drug-likeness (QED) is 0.611. The summed E-state index contributed by atoms with van der Waals surface area (Å²) in [5.41, 5.74) is 16.1. The predicted octanol–water partition coefficient (Wildman–Crippen LogP) is 3.28. The number of aryl methyl sites for hydroxylation is 1. The van der Waals surface area contributed by atoms with E-state index in [2.05, 4.69) is 20.2 Å². The number of aromatic nitrogens is 2. The number of carbonyl (C=O) groups excluding carboxylic acids is 1. The number of nitrogens with one attached hydrogen (secondary N) is 1. The number of nitrogens with zero attached hydrogens (tertiary/aromatic N) is 3. The first-order valence-electron chi connectivity index (χ1n) is 9.60. The lowest BCUT2D eigenvalue weighted by Gasteiger charge is -2.33. The van der Waals surface area contributed by atoms with E-state index in [-0.39, 0.29) is 17.6 Å². The Bertz CT molecular complexity index is 1020. The van der Waals surface area contributed by atoms with Gasteiger partial charge in [0.05, 0.1) is 17.6 Å². The molecule has 1 fully saturated rings. The third-order valence-corrected chi connectivity index (χ3v) is 5.95. The summed E-state index contributed by atoms with van der Waals surface area (Å²) in [5.74, 6) is -0.340. The van der Waals surface area contributed by atoms with Gasteiger partial charge in [0.15, 0.2) is 5.69 Å². The average Bonchev–Trinajstić information content (AvgIpc) is 3.11. The van der Waals surface area contributed by atoms with E-state index in [4.69, 9.17) is 11.5 Å². The van der Waals surface area contributed by atoms with Gasteiger partial charge in [-0.1, -0.05) is 41.2 Å². The molecule has 3 heterocycles. The minimum atomic E-state index is -0.340. The van der Waals surface area contributed by atoms with E-state index in [1.165, 1.54) is 11.3 Å². The number of amides is 1. The largest absolute Gasteiger partial charge is 0.389 e. The van der Waals surface area contributed by atoms with Gasteiger partial charge < -0.3 is 21.7 Å². The Balaban J connectivity index is 1.57. The Kier molecular flexibility index (Phi) is 5.46. The van der Waals surface area contributed by atoms with Crippen LogP contribution in [0, 0.1) is 6.92 Å². The number of rotatable bonds is 4. The highest BCUT2D eigenvalue weighted by Crippen LogP contribution is 2.32. The van der Waals surface area contributed by atoms with Crippen LogP contribution >= 0.6 is 11.3 Å². The lowest BCUT2D eigenvalue weighted by atomic mass is 10.1. The number of hydrogen-bond acceptors (Lipinski definition) is 7. The second kappa shape index (κ2) is 8.18. The van der Waals surface area contributed by atoms with Crippen LogP contribution in [0.2, 0.25) is 0 Å². The number of nitrogen functional groups attached to an aromatic ring is 1. The van der Waals surface area contributed by atoms with Crippen LogP contribution in [0.3, 0.4) is 0 Å². The van der Waals surface area contributed by atoms with Crippen molar-refractivity contribution in [3.8, 4) is 10.6 Å². The molecular formula is C21H24N6OS. The molecular weight excluding hydrogens is 384 g/mol. The summed E-state index contributed by atoms with van der Waals surface area (Å²) in [6.45, 7) is 3.68. The topological polar surface area (TPSA) is 110 Å². The number of anilines is 3. The standard InChI is InChI=1S/C21H24N6OS/c1-13-4-6-14(7-5-13)21-26-18(19(23)29-21)20(28)25-16-11-24-9-8-17(16)27-10-2-3-15(22)12-27/h4-9,11,15H,2-3,10,12,22-23H2,1H3,(H,25,28)/t15-/m0/s1. The summed E-state index contributed by atoms with van der Waals surface area (Å²) in [6, 6.07) is 10.0. The second-order valence-corrected chi connectivity index (χ2v) is 8.32. The van der Waals surface area contributed by atoms with Crippen molar-refractivity contribution in [3.05, 3.63) is 54.0 Å². The molecule has 8 heteroatoms. The highest BCUT2D eigenvalue weighted by atomic mass is 32.1. The highest BCUT2D eigenvalue weighted by Gasteiger charge is 2.22. The zero-order valence-electron chi connectivity index (χ0n) is 16.3. The van der Waals surface area contributed by atoms with E-state index in [1.54, 1.807) is 12.4 Å². The second-order valence-electron chi connectivity index (χ2n) is 7.29. The molecule has 0 unspecified atom stereocenters. The molecule has 1 amide bonds. The van der Waals surface area contributed by atoms with Crippen molar-refractivity contribution in [2.24, 2.45) is 5.73 Å². The summed E-state index contributed by atoms with van der Waals surface area (Å²) in [6.07, 6.45) is 5.41. The molecule has 1 aliphatic heterocycles. The Morgan fingerprint density at radius 1 is 1.28 bits per heavy atom. The maximum atomic E-state index is 12.9. The molecule has 5 N–H and O–H groups in total. The molecule has 0 saturated carbocycles. The Morgan fingerprint density at radius 2 is 2.07 bits per heavy atom. The molecule has 4 rings (SSSR count). The van der Waals surface area contributed by atoms with Crippen LogP contribution < -0.4 is 21.7 Å². The first-order chi connectivity index (χ1) is 14.0. The minimum Gasteiger partial charge on any atom is -0.389 e. The first kappa shape index (κ1) is 19.4. The van der Waals surface area contributed by atoms with Gasteiger partial charge in [0, 0.05) is 30.9 Å². The monoisotopic (exact) mass is 408 g/mol. The minimum absolute atomic E-state index is 0.131. The molecule has 29 heavy (non-hydrogen) atoms. The van der Waals surface area contributed by atoms with Crippen LogP contribution in [0.4, 0.5) is 16.4 Å². The lowest BCUT2D eigenvalue weighted by Crippen LogP contribution is -2.43. The SMILES string of the molecule is Cc1ccc(-c2nc(C(=O)Nc3cnccc3N3CCC[C@H](N)C3)c(N)s2)cc1. The summed E-state index contributed by atoms with van der Waals surface area (Å²) < 4.78 is 0. The van der Waals surface area contributed by atoms with Crippen molar-refractivity contribution in [2.45, 2.75) is 25.8 Å². The summed E-state index contributed by atoms with van der Waals surface area (Å²) >= 11 is 1.31. The molecule has 0 spiro atoms. The molecule has 0 bridgehead atoms. The molecule has 7 nitrogen and oxygen atoms in total. The molecule has 1 saturated heterocycles. The van der Waals surface area contributed by atoms with Gasteiger partial charge in [-0.2, -0.15) is 0 Å². The van der Waals surface area contributed by atoms with Crippen LogP contribution in [0.25, 0.3) is 10.6 Å². The van der Waals surface area contributed by atoms with E-state index in [1.807, 2.05) is 37.3 Å². The fraction of sp³-hybridized carbons (Fsp3) is 0.286. The Morgan fingerprint density at radius 3 is 2.83 bits per heavy atom.